The quantitative estimate of drug-likeness (QED) is 0.842. The average Bonchev–Trinajstić information content (AvgIpc) is 2.18. The van der Waals surface area contributed by atoms with Crippen molar-refractivity contribution in [1.82, 2.24) is 5.32 Å². The van der Waals surface area contributed by atoms with Crippen LogP contribution >= 0.6 is 11.6 Å². The van der Waals surface area contributed by atoms with Gasteiger partial charge in [-0.2, -0.15) is 0 Å². The van der Waals surface area contributed by atoms with E-state index in [0.29, 0.717) is 16.5 Å². The Labute approximate surface area is 95.6 Å². The number of benzene rings is 1. The Bertz CT molecular complexity index is 332. The molecule has 1 N–H and O–H groups in total. The maximum absolute atomic E-state index is 11.7. The molecule has 1 atom stereocenters. The van der Waals surface area contributed by atoms with Crippen molar-refractivity contribution < 1.29 is 4.79 Å². The van der Waals surface area contributed by atoms with Crippen LogP contribution in [0.3, 0.4) is 0 Å². The van der Waals surface area contributed by atoms with Crippen LogP contribution in [0.15, 0.2) is 24.3 Å². The Hall–Kier alpha value is -1.02. The highest BCUT2D eigenvalue weighted by Gasteiger charge is 2.11. The molecule has 2 nitrogen and oxygen atoms in total. The monoisotopic (exact) mass is 225 g/mol. The minimum Gasteiger partial charge on any atom is -0.349 e. The molecule has 0 saturated carbocycles. The number of carbonyl (C=O) groups is 1. The third-order valence-corrected chi connectivity index (χ3v) is 2.72. The molecule has 1 rings (SSSR count). The zero-order valence-electron chi connectivity index (χ0n) is 9.25. The Morgan fingerprint density at radius 1 is 1.20 bits per heavy atom. The molecule has 0 radical (unpaired) electrons. The van der Waals surface area contributed by atoms with Gasteiger partial charge in [-0.25, -0.2) is 0 Å². The number of amides is 1. The molecule has 0 unspecified atom stereocenters. The van der Waals surface area contributed by atoms with Gasteiger partial charge in [-0.15, -0.1) is 0 Å². The van der Waals surface area contributed by atoms with E-state index in [1.165, 1.54) is 0 Å². The Kier molecular flexibility index (Phi) is 4.15. The highest BCUT2D eigenvalue weighted by atomic mass is 35.5. The molecule has 82 valence electrons. The standard InChI is InChI=1S/C12H16ClNO/c1-8(2)9(3)14-12(15)10-4-6-11(13)7-5-10/h4-9H,1-3H3,(H,14,15)/t9-/m1/s1. The first-order valence-corrected chi connectivity index (χ1v) is 5.45. The van der Waals surface area contributed by atoms with E-state index < -0.39 is 0 Å². The van der Waals surface area contributed by atoms with Crippen molar-refractivity contribution in [2.24, 2.45) is 5.92 Å². The Morgan fingerprint density at radius 2 is 1.73 bits per heavy atom. The first kappa shape index (κ1) is 12.1. The molecule has 0 fully saturated rings. The molecule has 1 aromatic rings. The van der Waals surface area contributed by atoms with Gasteiger partial charge in [-0.05, 0) is 37.1 Å². The Balaban J connectivity index is 2.65. The summed E-state index contributed by atoms with van der Waals surface area (Å²) in [5.41, 5.74) is 0.645. The van der Waals surface area contributed by atoms with Crippen LogP contribution in [0.5, 0.6) is 0 Å². The van der Waals surface area contributed by atoms with Crippen molar-refractivity contribution in [3.8, 4) is 0 Å². The van der Waals surface area contributed by atoms with Gasteiger partial charge < -0.3 is 5.32 Å². The summed E-state index contributed by atoms with van der Waals surface area (Å²) in [6.07, 6.45) is 0. The van der Waals surface area contributed by atoms with Crippen LogP contribution in [0.1, 0.15) is 31.1 Å². The highest BCUT2D eigenvalue weighted by molar-refractivity contribution is 6.30. The zero-order chi connectivity index (χ0) is 11.4. The van der Waals surface area contributed by atoms with Crippen LogP contribution in [-0.4, -0.2) is 11.9 Å². The zero-order valence-corrected chi connectivity index (χ0v) is 10.0. The summed E-state index contributed by atoms with van der Waals surface area (Å²) in [5.74, 6) is 0.383. The minimum absolute atomic E-state index is 0.0483. The van der Waals surface area contributed by atoms with Crippen molar-refractivity contribution in [2.75, 3.05) is 0 Å². The summed E-state index contributed by atoms with van der Waals surface area (Å²) in [6, 6.07) is 7.07. The molecule has 0 saturated heterocycles. The fourth-order valence-corrected chi connectivity index (χ4v) is 1.18. The van der Waals surface area contributed by atoms with Crippen molar-refractivity contribution in [3.63, 3.8) is 0 Å². The van der Waals surface area contributed by atoms with Crippen LogP contribution in [-0.2, 0) is 0 Å². The second-order valence-corrected chi connectivity index (χ2v) is 4.45. The topological polar surface area (TPSA) is 29.1 Å². The number of rotatable bonds is 3. The van der Waals surface area contributed by atoms with E-state index in [1.54, 1.807) is 24.3 Å². The molecule has 0 spiro atoms. The summed E-state index contributed by atoms with van der Waals surface area (Å²) >= 11 is 5.74. The molecular weight excluding hydrogens is 210 g/mol. The lowest BCUT2D eigenvalue weighted by Gasteiger charge is -2.17. The molecule has 0 aromatic heterocycles. The van der Waals surface area contributed by atoms with Gasteiger partial charge in [-0.3, -0.25) is 4.79 Å². The van der Waals surface area contributed by atoms with Crippen LogP contribution < -0.4 is 5.32 Å². The third-order valence-electron chi connectivity index (χ3n) is 2.47. The number of nitrogens with one attached hydrogen (secondary N) is 1. The third kappa shape index (κ3) is 3.56. The summed E-state index contributed by atoms with van der Waals surface area (Å²) < 4.78 is 0. The van der Waals surface area contributed by atoms with E-state index in [2.05, 4.69) is 19.2 Å². The van der Waals surface area contributed by atoms with Crippen LogP contribution in [0.25, 0.3) is 0 Å². The summed E-state index contributed by atoms with van der Waals surface area (Å²) in [5, 5.41) is 3.58. The SMILES string of the molecule is CC(C)[C@@H](C)NC(=O)c1ccc(Cl)cc1. The largest absolute Gasteiger partial charge is 0.349 e. The smallest absolute Gasteiger partial charge is 0.251 e. The fraction of sp³-hybridized carbons (Fsp3) is 0.417. The van der Waals surface area contributed by atoms with E-state index in [1.807, 2.05) is 6.92 Å². The van der Waals surface area contributed by atoms with E-state index in [0.717, 1.165) is 0 Å². The van der Waals surface area contributed by atoms with Gasteiger partial charge in [0.2, 0.25) is 0 Å². The number of carbonyl (C=O) groups excluding carboxylic acids is 1. The molecule has 0 aliphatic carbocycles. The summed E-state index contributed by atoms with van der Waals surface area (Å²) in [6.45, 7) is 6.15. The molecule has 3 heteroatoms. The molecule has 15 heavy (non-hydrogen) atoms. The van der Waals surface area contributed by atoms with Crippen molar-refractivity contribution in [3.05, 3.63) is 34.9 Å². The van der Waals surface area contributed by atoms with Gasteiger partial charge >= 0.3 is 0 Å². The van der Waals surface area contributed by atoms with Gasteiger partial charge in [0.05, 0.1) is 0 Å². The molecule has 0 aliphatic rings. The van der Waals surface area contributed by atoms with E-state index in [4.69, 9.17) is 11.6 Å². The van der Waals surface area contributed by atoms with Gasteiger partial charge in [0.1, 0.15) is 0 Å². The summed E-state index contributed by atoms with van der Waals surface area (Å²) in [7, 11) is 0. The van der Waals surface area contributed by atoms with Crippen LogP contribution in [0, 0.1) is 5.92 Å². The predicted octanol–water partition coefficient (Wildman–Crippen LogP) is 3.11. The molecule has 0 aliphatic heterocycles. The Morgan fingerprint density at radius 3 is 2.20 bits per heavy atom. The van der Waals surface area contributed by atoms with Gasteiger partial charge in [0.25, 0.3) is 5.91 Å². The second kappa shape index (κ2) is 5.17. The van der Waals surface area contributed by atoms with Crippen LogP contribution in [0.4, 0.5) is 0 Å². The van der Waals surface area contributed by atoms with Gasteiger partial charge in [-0.1, -0.05) is 25.4 Å². The summed E-state index contributed by atoms with van der Waals surface area (Å²) in [4.78, 5) is 11.7. The molecule has 0 bridgehead atoms. The van der Waals surface area contributed by atoms with Crippen molar-refractivity contribution >= 4 is 17.5 Å². The first-order valence-electron chi connectivity index (χ1n) is 5.07. The number of hydrogen-bond acceptors (Lipinski definition) is 1. The molecule has 0 heterocycles. The lowest BCUT2D eigenvalue weighted by Crippen LogP contribution is -2.36. The number of halogens is 1. The van der Waals surface area contributed by atoms with E-state index in [-0.39, 0.29) is 11.9 Å². The van der Waals surface area contributed by atoms with Gasteiger partial charge in [0, 0.05) is 16.6 Å². The molecule has 1 amide bonds. The molecule has 1 aromatic carbocycles. The fourth-order valence-electron chi connectivity index (χ4n) is 1.06. The van der Waals surface area contributed by atoms with Gasteiger partial charge in [0.15, 0.2) is 0 Å². The molecular formula is C12H16ClNO. The van der Waals surface area contributed by atoms with E-state index in [9.17, 15) is 4.79 Å². The van der Waals surface area contributed by atoms with E-state index >= 15 is 0 Å². The minimum atomic E-state index is -0.0483. The maximum atomic E-state index is 11.7. The first-order chi connectivity index (χ1) is 7.00. The predicted molar refractivity (Wildman–Crippen MR) is 63.2 cm³/mol. The second-order valence-electron chi connectivity index (χ2n) is 4.01. The lowest BCUT2D eigenvalue weighted by atomic mass is 10.1. The normalized spacial score (nSPS) is 12.6. The average molecular weight is 226 g/mol. The van der Waals surface area contributed by atoms with Crippen molar-refractivity contribution in [1.29, 1.82) is 0 Å². The maximum Gasteiger partial charge on any atom is 0.251 e. The van der Waals surface area contributed by atoms with Crippen molar-refractivity contribution in [2.45, 2.75) is 26.8 Å². The number of hydrogen-bond donors (Lipinski definition) is 1. The lowest BCUT2D eigenvalue weighted by molar-refractivity contribution is 0.0930. The highest BCUT2D eigenvalue weighted by Crippen LogP contribution is 2.10. The van der Waals surface area contributed by atoms with Crippen LogP contribution in [0.2, 0.25) is 5.02 Å².